The molecule has 1 N–H and O–H groups in total. The fourth-order valence-corrected chi connectivity index (χ4v) is 2.80. The molecule has 0 radical (unpaired) electrons. The summed E-state index contributed by atoms with van der Waals surface area (Å²) < 4.78 is 5.75. The summed E-state index contributed by atoms with van der Waals surface area (Å²) in [5, 5.41) is 4.27. The van der Waals surface area contributed by atoms with Gasteiger partial charge in [-0.1, -0.05) is 15.9 Å². The summed E-state index contributed by atoms with van der Waals surface area (Å²) in [6.45, 7) is 2.80. The van der Waals surface area contributed by atoms with Crippen LogP contribution in [0, 0.1) is 11.7 Å². The molecule has 0 spiro atoms. The summed E-state index contributed by atoms with van der Waals surface area (Å²) in [5.41, 5.74) is 4.49. The molecule has 6 heteroatoms. The number of rotatable bonds is 2. The lowest BCUT2D eigenvalue weighted by Crippen LogP contribution is -2.01. The Bertz CT molecular complexity index is 812. The van der Waals surface area contributed by atoms with Crippen molar-refractivity contribution in [3.8, 4) is 0 Å². The Balaban J connectivity index is 2.13. The van der Waals surface area contributed by atoms with E-state index in [0.717, 1.165) is 32.5 Å². The number of imidazole rings is 1. The molecule has 1 aromatic carbocycles. The van der Waals surface area contributed by atoms with Gasteiger partial charge in [-0.25, -0.2) is 0 Å². The standard InChI is InChI=1S/C13H13BrN4S/c1-8-9(6-15-17(8)2)7-18-12-4-3-10(14)5-11(12)16-13(18)19/h3-6H,7H2,1-2H3,(H,16,19). The molecule has 19 heavy (non-hydrogen) atoms. The second-order valence-electron chi connectivity index (χ2n) is 4.56. The van der Waals surface area contributed by atoms with Crippen LogP contribution in [0.15, 0.2) is 28.9 Å². The normalized spacial score (nSPS) is 11.3. The Morgan fingerprint density at radius 3 is 2.89 bits per heavy atom. The first-order chi connectivity index (χ1) is 9.06. The van der Waals surface area contributed by atoms with Gasteiger partial charge in [-0.2, -0.15) is 5.10 Å². The third kappa shape index (κ3) is 2.15. The van der Waals surface area contributed by atoms with Gasteiger partial charge in [-0.15, -0.1) is 0 Å². The van der Waals surface area contributed by atoms with Crippen molar-refractivity contribution >= 4 is 39.2 Å². The van der Waals surface area contributed by atoms with Crippen molar-refractivity contribution in [2.75, 3.05) is 0 Å². The van der Waals surface area contributed by atoms with Crippen LogP contribution in [0.2, 0.25) is 0 Å². The lowest BCUT2D eigenvalue weighted by atomic mass is 10.2. The molecular formula is C13H13BrN4S. The van der Waals surface area contributed by atoms with Crippen molar-refractivity contribution in [2.45, 2.75) is 13.5 Å². The molecule has 2 heterocycles. The van der Waals surface area contributed by atoms with Gasteiger partial charge in [0.05, 0.1) is 23.8 Å². The maximum Gasteiger partial charge on any atom is 0.178 e. The van der Waals surface area contributed by atoms with E-state index in [1.54, 1.807) is 0 Å². The number of nitrogens with zero attached hydrogens (tertiary/aromatic N) is 3. The molecule has 0 aliphatic heterocycles. The highest BCUT2D eigenvalue weighted by molar-refractivity contribution is 9.10. The lowest BCUT2D eigenvalue weighted by molar-refractivity contribution is 0.732. The van der Waals surface area contributed by atoms with Crippen molar-refractivity contribution in [1.82, 2.24) is 19.3 Å². The second-order valence-corrected chi connectivity index (χ2v) is 5.86. The van der Waals surface area contributed by atoms with Crippen molar-refractivity contribution in [3.63, 3.8) is 0 Å². The van der Waals surface area contributed by atoms with Crippen molar-refractivity contribution in [1.29, 1.82) is 0 Å². The van der Waals surface area contributed by atoms with Gasteiger partial charge in [0.1, 0.15) is 0 Å². The molecule has 98 valence electrons. The van der Waals surface area contributed by atoms with E-state index in [1.807, 2.05) is 30.1 Å². The summed E-state index contributed by atoms with van der Waals surface area (Å²) in [5.74, 6) is 0. The van der Waals surface area contributed by atoms with Crippen LogP contribution in [0.4, 0.5) is 0 Å². The number of nitrogens with one attached hydrogen (secondary N) is 1. The average molecular weight is 337 g/mol. The molecule has 0 saturated heterocycles. The number of benzene rings is 1. The predicted molar refractivity (Wildman–Crippen MR) is 81.9 cm³/mol. The van der Waals surface area contributed by atoms with E-state index in [0.29, 0.717) is 0 Å². The maximum absolute atomic E-state index is 5.41. The zero-order valence-electron chi connectivity index (χ0n) is 10.6. The van der Waals surface area contributed by atoms with Crippen LogP contribution < -0.4 is 0 Å². The van der Waals surface area contributed by atoms with E-state index in [4.69, 9.17) is 12.2 Å². The van der Waals surface area contributed by atoms with E-state index in [-0.39, 0.29) is 0 Å². The topological polar surface area (TPSA) is 38.5 Å². The van der Waals surface area contributed by atoms with Crippen LogP contribution in [-0.2, 0) is 13.6 Å². The van der Waals surface area contributed by atoms with Crippen LogP contribution in [0.25, 0.3) is 11.0 Å². The fraction of sp³-hybridized carbons (Fsp3) is 0.231. The number of hydrogen-bond acceptors (Lipinski definition) is 2. The summed E-state index contributed by atoms with van der Waals surface area (Å²) >= 11 is 8.88. The number of halogens is 1. The van der Waals surface area contributed by atoms with E-state index in [2.05, 4.69) is 43.6 Å². The molecule has 0 unspecified atom stereocenters. The predicted octanol–water partition coefficient (Wildman–Crippen LogP) is 3.55. The van der Waals surface area contributed by atoms with Crippen LogP contribution in [-0.4, -0.2) is 19.3 Å². The molecule has 3 aromatic rings. The second kappa shape index (κ2) is 4.61. The molecule has 2 aromatic heterocycles. The zero-order chi connectivity index (χ0) is 13.6. The van der Waals surface area contributed by atoms with Crippen LogP contribution in [0.3, 0.4) is 0 Å². The van der Waals surface area contributed by atoms with Crippen molar-refractivity contribution in [3.05, 3.63) is 44.9 Å². The number of aromatic nitrogens is 4. The Morgan fingerprint density at radius 1 is 1.42 bits per heavy atom. The van der Waals surface area contributed by atoms with E-state index >= 15 is 0 Å². The summed E-state index contributed by atoms with van der Waals surface area (Å²) in [7, 11) is 1.95. The molecule has 0 amide bonds. The third-order valence-corrected chi connectivity index (χ3v) is 4.22. The lowest BCUT2D eigenvalue weighted by Gasteiger charge is -2.04. The highest BCUT2D eigenvalue weighted by Crippen LogP contribution is 2.21. The minimum Gasteiger partial charge on any atom is -0.331 e. The highest BCUT2D eigenvalue weighted by atomic mass is 79.9. The molecule has 0 saturated carbocycles. The summed E-state index contributed by atoms with van der Waals surface area (Å²) in [6, 6.07) is 6.13. The van der Waals surface area contributed by atoms with Gasteiger partial charge in [0.2, 0.25) is 0 Å². The van der Waals surface area contributed by atoms with E-state index < -0.39 is 0 Å². The van der Waals surface area contributed by atoms with Gasteiger partial charge in [-0.3, -0.25) is 4.68 Å². The molecule has 0 atom stereocenters. The Kier molecular flexibility index (Phi) is 3.06. The Hall–Kier alpha value is -1.40. The minimum atomic E-state index is 0.733. The molecule has 0 aliphatic carbocycles. The number of fused-ring (bicyclic) bond motifs is 1. The maximum atomic E-state index is 5.41. The van der Waals surface area contributed by atoms with Crippen LogP contribution in [0.5, 0.6) is 0 Å². The van der Waals surface area contributed by atoms with Crippen molar-refractivity contribution in [2.24, 2.45) is 7.05 Å². The Morgan fingerprint density at radius 2 is 2.21 bits per heavy atom. The van der Waals surface area contributed by atoms with Gasteiger partial charge in [0.15, 0.2) is 4.77 Å². The highest BCUT2D eigenvalue weighted by Gasteiger charge is 2.09. The molecular weight excluding hydrogens is 324 g/mol. The monoisotopic (exact) mass is 336 g/mol. The number of aromatic amines is 1. The van der Waals surface area contributed by atoms with E-state index in [9.17, 15) is 0 Å². The molecule has 0 aliphatic rings. The van der Waals surface area contributed by atoms with Crippen LogP contribution in [0.1, 0.15) is 11.3 Å². The van der Waals surface area contributed by atoms with Gasteiger partial charge in [0.25, 0.3) is 0 Å². The Labute approximate surface area is 124 Å². The van der Waals surface area contributed by atoms with Gasteiger partial charge >= 0.3 is 0 Å². The van der Waals surface area contributed by atoms with Gasteiger partial charge in [0, 0.05) is 22.8 Å². The van der Waals surface area contributed by atoms with E-state index in [1.165, 1.54) is 5.56 Å². The van der Waals surface area contributed by atoms with Crippen molar-refractivity contribution < 1.29 is 0 Å². The molecule has 0 fully saturated rings. The molecule has 0 bridgehead atoms. The van der Waals surface area contributed by atoms with Gasteiger partial charge < -0.3 is 9.55 Å². The first kappa shape index (κ1) is 12.6. The first-order valence-corrected chi connectivity index (χ1v) is 7.12. The largest absolute Gasteiger partial charge is 0.331 e. The SMILES string of the molecule is Cc1c(Cn2c(=S)[nH]c3cc(Br)ccc32)cnn1C. The number of H-pyrrole nitrogens is 1. The summed E-state index contributed by atoms with van der Waals surface area (Å²) in [4.78, 5) is 3.23. The minimum absolute atomic E-state index is 0.733. The summed E-state index contributed by atoms with van der Waals surface area (Å²) in [6.07, 6.45) is 1.90. The first-order valence-electron chi connectivity index (χ1n) is 5.92. The fourth-order valence-electron chi connectivity index (χ4n) is 2.16. The molecule has 3 rings (SSSR count). The number of hydrogen-bond donors (Lipinski definition) is 1. The smallest absolute Gasteiger partial charge is 0.178 e. The molecule has 4 nitrogen and oxygen atoms in total. The third-order valence-electron chi connectivity index (χ3n) is 3.40. The average Bonchev–Trinajstić information content (AvgIpc) is 2.84. The number of aryl methyl sites for hydroxylation is 1. The van der Waals surface area contributed by atoms with Crippen LogP contribution >= 0.6 is 28.1 Å². The van der Waals surface area contributed by atoms with Gasteiger partial charge in [-0.05, 0) is 37.3 Å². The quantitative estimate of drug-likeness (QED) is 0.727. The zero-order valence-corrected chi connectivity index (χ0v) is 13.0.